The first-order valence-electron chi connectivity index (χ1n) is 4.60. The average Bonchev–Trinajstić information content (AvgIpc) is 2.10. The molecule has 1 aromatic rings. The highest BCUT2D eigenvalue weighted by atomic mass is 32.2. The lowest BCUT2D eigenvalue weighted by molar-refractivity contribution is 0.132. The Hall–Kier alpha value is -1.14. The van der Waals surface area contributed by atoms with Crippen LogP contribution in [0.2, 0.25) is 0 Å². The molecule has 0 unspecified atom stereocenters. The maximum atomic E-state index is 11.4. The topological polar surface area (TPSA) is 68.3 Å². The number of pyridine rings is 1. The molecule has 6 heteroatoms. The van der Waals surface area contributed by atoms with Crippen LogP contribution in [0.15, 0.2) is 23.2 Å². The summed E-state index contributed by atoms with van der Waals surface area (Å²) in [5.74, 6) is 0.200. The van der Waals surface area contributed by atoms with Crippen molar-refractivity contribution in [3.8, 4) is 5.88 Å². The van der Waals surface area contributed by atoms with Gasteiger partial charge < -0.3 is 10.1 Å². The Morgan fingerprint density at radius 3 is 2.80 bits per heavy atom. The smallest absolute Gasteiger partial charge is 0.232 e. The van der Waals surface area contributed by atoms with Crippen molar-refractivity contribution < 1.29 is 13.2 Å². The normalized spacial score (nSPS) is 17.1. The Bertz CT molecular complexity index is 454. The maximum absolute atomic E-state index is 11.4. The number of hydrogen-bond acceptors (Lipinski definition) is 5. The lowest BCUT2D eigenvalue weighted by Crippen LogP contribution is -2.50. The summed E-state index contributed by atoms with van der Waals surface area (Å²) in [6, 6.07) is 3.09. The molecule has 0 saturated carbocycles. The van der Waals surface area contributed by atoms with Gasteiger partial charge in [0.25, 0.3) is 0 Å². The van der Waals surface area contributed by atoms with Crippen molar-refractivity contribution in [2.24, 2.45) is 0 Å². The summed E-state index contributed by atoms with van der Waals surface area (Å²) < 4.78 is 28.3. The highest BCUT2D eigenvalue weighted by Crippen LogP contribution is 2.21. The van der Waals surface area contributed by atoms with Crippen molar-refractivity contribution >= 4 is 9.84 Å². The molecule has 0 radical (unpaired) electrons. The summed E-state index contributed by atoms with van der Waals surface area (Å²) in [4.78, 5) is 4.09. The van der Waals surface area contributed by atoms with Crippen molar-refractivity contribution in [1.82, 2.24) is 10.3 Å². The van der Waals surface area contributed by atoms with Gasteiger partial charge in [-0.25, -0.2) is 13.4 Å². The van der Waals surface area contributed by atoms with E-state index in [4.69, 9.17) is 4.74 Å². The van der Waals surface area contributed by atoms with Gasteiger partial charge in [0.05, 0.1) is 0 Å². The Labute approximate surface area is 88.4 Å². The van der Waals surface area contributed by atoms with Crippen LogP contribution in [0.4, 0.5) is 0 Å². The van der Waals surface area contributed by atoms with Crippen LogP contribution in [-0.4, -0.2) is 38.9 Å². The monoisotopic (exact) mass is 228 g/mol. The van der Waals surface area contributed by atoms with E-state index in [1.807, 2.05) is 0 Å². The Morgan fingerprint density at radius 1 is 1.53 bits per heavy atom. The van der Waals surface area contributed by atoms with Gasteiger partial charge in [-0.3, -0.25) is 0 Å². The van der Waals surface area contributed by atoms with E-state index in [2.05, 4.69) is 10.3 Å². The Kier molecular flexibility index (Phi) is 2.62. The molecule has 0 aromatic carbocycles. The molecule has 1 aliphatic heterocycles. The predicted octanol–water partition coefficient (Wildman–Crippen LogP) is -0.164. The minimum absolute atomic E-state index is 0.0281. The summed E-state index contributed by atoms with van der Waals surface area (Å²) in [6.45, 7) is 1.47. The highest BCUT2D eigenvalue weighted by molar-refractivity contribution is 7.90. The van der Waals surface area contributed by atoms with Gasteiger partial charge in [-0.15, -0.1) is 0 Å². The van der Waals surface area contributed by atoms with Crippen LogP contribution < -0.4 is 10.1 Å². The summed E-state index contributed by atoms with van der Waals surface area (Å²) >= 11 is 0. The van der Waals surface area contributed by atoms with Gasteiger partial charge in [0.2, 0.25) is 5.88 Å². The van der Waals surface area contributed by atoms with Crippen LogP contribution in [0.25, 0.3) is 0 Å². The molecule has 5 nitrogen and oxygen atoms in total. The van der Waals surface area contributed by atoms with Gasteiger partial charge >= 0.3 is 0 Å². The minimum Gasteiger partial charge on any atom is -0.471 e. The lowest BCUT2D eigenvalue weighted by Gasteiger charge is -2.27. The molecule has 1 saturated heterocycles. The molecule has 82 valence electrons. The second kappa shape index (κ2) is 3.79. The molecular weight excluding hydrogens is 216 g/mol. The summed E-state index contributed by atoms with van der Waals surface area (Å²) in [7, 11) is -3.27. The van der Waals surface area contributed by atoms with Crippen molar-refractivity contribution in [2.45, 2.75) is 11.0 Å². The lowest BCUT2D eigenvalue weighted by atomic mass is 10.2. The molecule has 1 aliphatic rings. The molecule has 15 heavy (non-hydrogen) atoms. The van der Waals surface area contributed by atoms with E-state index in [9.17, 15) is 8.42 Å². The first kappa shape index (κ1) is 10.4. The van der Waals surface area contributed by atoms with Gasteiger partial charge in [-0.1, -0.05) is 0 Å². The number of rotatable bonds is 3. The molecular formula is C9H12N2O3S. The number of nitrogens with zero attached hydrogens (tertiary/aromatic N) is 1. The standard InChI is InChI=1S/C9H12N2O3S/c1-15(12,13)8-3-2-4-11-9(8)14-7-5-10-6-7/h2-4,7,10H,5-6H2,1H3. The summed E-state index contributed by atoms with van der Waals surface area (Å²) in [5.41, 5.74) is 0. The minimum atomic E-state index is -3.27. The zero-order valence-electron chi connectivity index (χ0n) is 8.30. The van der Waals surface area contributed by atoms with Crippen LogP contribution >= 0.6 is 0 Å². The van der Waals surface area contributed by atoms with E-state index in [0.29, 0.717) is 0 Å². The summed E-state index contributed by atoms with van der Waals surface area (Å²) in [6.07, 6.45) is 2.70. The van der Waals surface area contributed by atoms with E-state index in [1.54, 1.807) is 6.07 Å². The molecule has 0 aliphatic carbocycles. The Balaban J connectivity index is 2.29. The van der Waals surface area contributed by atoms with Crippen molar-refractivity contribution in [2.75, 3.05) is 19.3 Å². The zero-order chi connectivity index (χ0) is 10.9. The van der Waals surface area contributed by atoms with Crippen molar-refractivity contribution in [3.63, 3.8) is 0 Å². The molecule has 2 rings (SSSR count). The molecule has 2 heterocycles. The summed E-state index contributed by atoms with van der Waals surface area (Å²) in [5, 5.41) is 3.04. The van der Waals surface area contributed by atoms with Gasteiger partial charge in [0.1, 0.15) is 11.0 Å². The molecule has 0 atom stereocenters. The largest absolute Gasteiger partial charge is 0.471 e. The molecule has 1 N–H and O–H groups in total. The third kappa shape index (κ3) is 2.27. The number of hydrogen-bond donors (Lipinski definition) is 1. The third-order valence-electron chi connectivity index (χ3n) is 2.16. The maximum Gasteiger partial charge on any atom is 0.232 e. The average molecular weight is 228 g/mol. The van der Waals surface area contributed by atoms with E-state index in [1.165, 1.54) is 12.3 Å². The molecule has 0 spiro atoms. The zero-order valence-corrected chi connectivity index (χ0v) is 9.12. The van der Waals surface area contributed by atoms with Crippen LogP contribution in [0.1, 0.15) is 0 Å². The van der Waals surface area contributed by atoms with Crippen LogP contribution in [0.3, 0.4) is 0 Å². The quantitative estimate of drug-likeness (QED) is 0.778. The van der Waals surface area contributed by atoms with Gasteiger partial charge in [0, 0.05) is 25.5 Å². The van der Waals surface area contributed by atoms with Crippen LogP contribution in [0, 0.1) is 0 Å². The number of ether oxygens (including phenoxy) is 1. The van der Waals surface area contributed by atoms with E-state index >= 15 is 0 Å². The van der Waals surface area contributed by atoms with Crippen molar-refractivity contribution in [3.05, 3.63) is 18.3 Å². The van der Waals surface area contributed by atoms with Gasteiger partial charge in [-0.2, -0.15) is 0 Å². The van der Waals surface area contributed by atoms with E-state index in [0.717, 1.165) is 19.3 Å². The number of nitrogens with one attached hydrogen (secondary N) is 1. The van der Waals surface area contributed by atoms with Gasteiger partial charge in [0.15, 0.2) is 9.84 Å². The third-order valence-corrected chi connectivity index (χ3v) is 3.27. The number of sulfone groups is 1. The van der Waals surface area contributed by atoms with Crippen LogP contribution in [0.5, 0.6) is 5.88 Å². The second-order valence-electron chi connectivity index (χ2n) is 3.48. The molecule has 0 amide bonds. The molecule has 1 aromatic heterocycles. The fraction of sp³-hybridized carbons (Fsp3) is 0.444. The Morgan fingerprint density at radius 2 is 2.27 bits per heavy atom. The number of aromatic nitrogens is 1. The van der Waals surface area contributed by atoms with Gasteiger partial charge in [-0.05, 0) is 12.1 Å². The van der Waals surface area contributed by atoms with Crippen LogP contribution in [-0.2, 0) is 9.84 Å². The molecule has 1 fully saturated rings. The first-order chi connectivity index (χ1) is 7.07. The molecule has 0 bridgehead atoms. The fourth-order valence-corrected chi connectivity index (χ4v) is 1.99. The first-order valence-corrected chi connectivity index (χ1v) is 6.49. The highest BCUT2D eigenvalue weighted by Gasteiger charge is 2.22. The predicted molar refractivity (Wildman–Crippen MR) is 54.6 cm³/mol. The SMILES string of the molecule is CS(=O)(=O)c1cccnc1OC1CNC1. The van der Waals surface area contributed by atoms with E-state index < -0.39 is 9.84 Å². The van der Waals surface area contributed by atoms with E-state index in [-0.39, 0.29) is 16.9 Å². The second-order valence-corrected chi connectivity index (χ2v) is 5.46. The fourth-order valence-electron chi connectivity index (χ4n) is 1.25. The van der Waals surface area contributed by atoms with Crippen molar-refractivity contribution in [1.29, 1.82) is 0 Å².